The van der Waals surface area contributed by atoms with Crippen LogP contribution in [-0.2, 0) is 11.3 Å². The van der Waals surface area contributed by atoms with Gasteiger partial charge in [-0.25, -0.2) is 0 Å². The number of carbonyl (C=O) groups is 1. The number of carbonyl (C=O) groups excluding carboxylic acids is 1. The van der Waals surface area contributed by atoms with Crippen molar-refractivity contribution in [2.45, 2.75) is 38.2 Å². The molecule has 0 radical (unpaired) electrons. The van der Waals surface area contributed by atoms with Crippen LogP contribution in [0.1, 0.15) is 26.5 Å². The molecule has 1 amide bonds. The molecular formula is C12H17BrN2O. The van der Waals surface area contributed by atoms with Crippen molar-refractivity contribution < 1.29 is 4.79 Å². The highest BCUT2D eigenvalue weighted by atomic mass is 79.9. The molecule has 0 aliphatic heterocycles. The molecule has 1 aromatic heterocycles. The van der Waals surface area contributed by atoms with Gasteiger partial charge in [0.05, 0.1) is 17.1 Å². The molecule has 0 aliphatic rings. The summed E-state index contributed by atoms with van der Waals surface area (Å²) < 4.78 is 0. The van der Waals surface area contributed by atoms with Gasteiger partial charge in [0, 0.05) is 12.2 Å². The third-order valence-corrected chi connectivity index (χ3v) is 2.70. The van der Waals surface area contributed by atoms with Crippen molar-refractivity contribution in [2.75, 3.05) is 0 Å². The van der Waals surface area contributed by atoms with Crippen LogP contribution < -0.4 is 0 Å². The molecule has 0 bridgehead atoms. The lowest BCUT2D eigenvalue weighted by Gasteiger charge is -2.27. The second-order valence-corrected chi connectivity index (χ2v) is 5.37. The Hall–Kier alpha value is -0.900. The largest absolute Gasteiger partial charge is 0.333 e. The second-order valence-electron chi connectivity index (χ2n) is 4.00. The molecule has 0 aliphatic carbocycles. The fourth-order valence-electron chi connectivity index (χ4n) is 1.41. The highest BCUT2D eigenvalue weighted by Gasteiger charge is 2.21. The Morgan fingerprint density at radius 2 is 2.12 bits per heavy atom. The summed E-state index contributed by atoms with van der Waals surface area (Å²) >= 11 is 3.31. The zero-order valence-electron chi connectivity index (χ0n) is 9.85. The highest BCUT2D eigenvalue weighted by Crippen LogP contribution is 2.11. The first kappa shape index (κ1) is 13.2. The van der Waals surface area contributed by atoms with Crippen LogP contribution in [-0.4, -0.2) is 26.7 Å². The molecule has 0 fully saturated rings. The first-order valence-corrected chi connectivity index (χ1v) is 6.28. The summed E-state index contributed by atoms with van der Waals surface area (Å²) in [5.41, 5.74) is 0.915. The Morgan fingerprint density at radius 1 is 1.44 bits per heavy atom. The molecule has 0 saturated carbocycles. The highest BCUT2D eigenvalue weighted by molar-refractivity contribution is 9.10. The molecule has 0 saturated heterocycles. The van der Waals surface area contributed by atoms with Gasteiger partial charge in [-0.2, -0.15) is 0 Å². The summed E-state index contributed by atoms with van der Waals surface area (Å²) in [5, 5.41) is 0. The standard InChI is InChI=1S/C12H17BrN2O/c1-9(2)15(12(16)10(3)13)8-11-6-4-5-7-14-11/h4-7,9-10H,8H2,1-3H3. The molecule has 3 nitrogen and oxygen atoms in total. The van der Waals surface area contributed by atoms with Gasteiger partial charge in [0.1, 0.15) is 0 Å². The molecule has 1 rings (SSSR count). The van der Waals surface area contributed by atoms with Crippen LogP contribution in [0.5, 0.6) is 0 Å². The third-order valence-electron chi connectivity index (χ3n) is 2.31. The number of aromatic nitrogens is 1. The normalized spacial score (nSPS) is 12.6. The second kappa shape index (κ2) is 5.99. The van der Waals surface area contributed by atoms with E-state index >= 15 is 0 Å². The molecule has 1 heterocycles. The molecule has 0 aromatic carbocycles. The number of alkyl halides is 1. The SMILES string of the molecule is CC(Br)C(=O)N(Cc1ccccn1)C(C)C. The summed E-state index contributed by atoms with van der Waals surface area (Å²) in [5.74, 6) is 0.0978. The lowest BCUT2D eigenvalue weighted by Crippen LogP contribution is -2.40. The van der Waals surface area contributed by atoms with Gasteiger partial charge in [-0.1, -0.05) is 22.0 Å². The van der Waals surface area contributed by atoms with Crippen molar-refractivity contribution in [3.05, 3.63) is 30.1 Å². The summed E-state index contributed by atoms with van der Waals surface area (Å²) in [4.78, 5) is 17.8. The topological polar surface area (TPSA) is 33.2 Å². The molecule has 4 heteroatoms. The van der Waals surface area contributed by atoms with Crippen molar-refractivity contribution >= 4 is 21.8 Å². The summed E-state index contributed by atoms with van der Waals surface area (Å²) in [7, 11) is 0. The average molecular weight is 285 g/mol. The summed E-state index contributed by atoms with van der Waals surface area (Å²) in [6.45, 7) is 6.43. The fourth-order valence-corrected chi connectivity index (χ4v) is 1.67. The van der Waals surface area contributed by atoms with E-state index in [1.54, 1.807) is 6.20 Å². The van der Waals surface area contributed by atoms with E-state index in [2.05, 4.69) is 20.9 Å². The number of nitrogens with zero attached hydrogens (tertiary/aromatic N) is 2. The number of rotatable bonds is 4. The van der Waals surface area contributed by atoms with Crippen LogP contribution in [0.3, 0.4) is 0 Å². The Morgan fingerprint density at radius 3 is 2.56 bits per heavy atom. The van der Waals surface area contributed by atoms with E-state index < -0.39 is 0 Å². The summed E-state index contributed by atoms with van der Waals surface area (Å²) in [6, 6.07) is 5.91. The van der Waals surface area contributed by atoms with Crippen LogP contribution in [0.15, 0.2) is 24.4 Å². The van der Waals surface area contributed by atoms with E-state index in [4.69, 9.17) is 0 Å². The van der Waals surface area contributed by atoms with Gasteiger partial charge in [0.15, 0.2) is 0 Å². The summed E-state index contributed by atoms with van der Waals surface area (Å²) in [6.07, 6.45) is 1.75. The predicted molar refractivity (Wildman–Crippen MR) is 68.3 cm³/mol. The van der Waals surface area contributed by atoms with Gasteiger partial charge in [0.2, 0.25) is 5.91 Å². The van der Waals surface area contributed by atoms with Gasteiger partial charge >= 0.3 is 0 Å². The predicted octanol–water partition coefficient (Wildman–Crippen LogP) is 2.60. The molecule has 1 atom stereocenters. The van der Waals surface area contributed by atoms with Crippen molar-refractivity contribution in [2.24, 2.45) is 0 Å². The molecule has 0 N–H and O–H groups in total. The van der Waals surface area contributed by atoms with Gasteiger partial charge in [-0.3, -0.25) is 9.78 Å². The maximum Gasteiger partial charge on any atom is 0.236 e. The molecular weight excluding hydrogens is 268 g/mol. The Bertz CT molecular complexity index is 338. The smallest absolute Gasteiger partial charge is 0.236 e. The minimum Gasteiger partial charge on any atom is -0.333 e. The van der Waals surface area contributed by atoms with Crippen LogP contribution >= 0.6 is 15.9 Å². The van der Waals surface area contributed by atoms with Gasteiger partial charge in [-0.15, -0.1) is 0 Å². The van der Waals surface area contributed by atoms with Gasteiger partial charge < -0.3 is 4.90 Å². The first-order valence-electron chi connectivity index (χ1n) is 5.37. The van der Waals surface area contributed by atoms with Crippen molar-refractivity contribution in [3.63, 3.8) is 0 Å². The fraction of sp³-hybridized carbons (Fsp3) is 0.500. The Kier molecular flexibility index (Phi) is 4.93. The maximum atomic E-state index is 11.9. The third kappa shape index (κ3) is 3.59. The zero-order valence-corrected chi connectivity index (χ0v) is 11.4. The minimum absolute atomic E-state index is 0.0978. The lowest BCUT2D eigenvalue weighted by molar-refractivity contribution is -0.132. The van der Waals surface area contributed by atoms with Crippen LogP contribution in [0.2, 0.25) is 0 Å². The van der Waals surface area contributed by atoms with Crippen molar-refractivity contribution in [1.29, 1.82) is 0 Å². The lowest BCUT2D eigenvalue weighted by atomic mass is 10.2. The number of hydrogen-bond donors (Lipinski definition) is 0. The number of halogens is 1. The first-order chi connectivity index (χ1) is 7.52. The van der Waals surface area contributed by atoms with Crippen molar-refractivity contribution in [1.82, 2.24) is 9.88 Å². The number of amides is 1. The minimum atomic E-state index is -0.154. The maximum absolute atomic E-state index is 11.9. The van der Waals surface area contributed by atoms with Crippen LogP contribution in [0, 0.1) is 0 Å². The van der Waals surface area contributed by atoms with Gasteiger partial charge in [0.25, 0.3) is 0 Å². The van der Waals surface area contributed by atoms with Crippen LogP contribution in [0.4, 0.5) is 0 Å². The van der Waals surface area contributed by atoms with E-state index in [9.17, 15) is 4.79 Å². The number of hydrogen-bond acceptors (Lipinski definition) is 2. The van der Waals surface area contributed by atoms with Gasteiger partial charge in [-0.05, 0) is 32.9 Å². The van der Waals surface area contributed by atoms with Crippen LogP contribution in [0.25, 0.3) is 0 Å². The zero-order chi connectivity index (χ0) is 12.1. The quantitative estimate of drug-likeness (QED) is 0.797. The number of pyridine rings is 1. The average Bonchev–Trinajstić information content (AvgIpc) is 2.26. The van der Waals surface area contributed by atoms with E-state index in [0.29, 0.717) is 6.54 Å². The van der Waals surface area contributed by atoms with Crippen molar-refractivity contribution in [3.8, 4) is 0 Å². The Labute approximate surface area is 105 Å². The monoisotopic (exact) mass is 284 g/mol. The van der Waals surface area contributed by atoms with E-state index in [0.717, 1.165) is 5.69 Å². The van der Waals surface area contributed by atoms with E-state index in [1.807, 2.05) is 43.9 Å². The molecule has 88 valence electrons. The van der Waals surface area contributed by atoms with E-state index in [1.165, 1.54) is 0 Å². The molecule has 16 heavy (non-hydrogen) atoms. The Balaban J connectivity index is 2.77. The van der Waals surface area contributed by atoms with E-state index in [-0.39, 0.29) is 16.8 Å². The molecule has 0 spiro atoms. The molecule has 1 aromatic rings. The molecule has 1 unspecified atom stereocenters.